The molecule has 0 amide bonds. The van der Waals surface area contributed by atoms with Gasteiger partial charge >= 0.3 is 0 Å². The molecular formula is C15H28N2O. The first-order valence-electron chi connectivity index (χ1n) is 7.88. The Bertz CT molecular complexity index is 261. The fraction of sp³-hybridized carbons (Fsp3) is 1.00. The van der Waals surface area contributed by atoms with E-state index >= 15 is 0 Å². The lowest BCUT2D eigenvalue weighted by atomic mass is 9.91. The third-order valence-electron chi connectivity index (χ3n) is 5.01. The van der Waals surface area contributed by atoms with E-state index in [-0.39, 0.29) is 0 Å². The summed E-state index contributed by atoms with van der Waals surface area (Å²) in [5.74, 6) is 0. The summed E-state index contributed by atoms with van der Waals surface area (Å²) in [6.45, 7) is 2.51. The Hall–Kier alpha value is -0.120. The minimum Gasteiger partial charge on any atom is -0.381 e. The molecule has 3 nitrogen and oxygen atoms in total. The molecule has 0 spiro atoms. The lowest BCUT2D eigenvalue weighted by Crippen LogP contribution is -2.47. The van der Waals surface area contributed by atoms with Crippen molar-refractivity contribution in [2.45, 2.75) is 75.6 Å². The summed E-state index contributed by atoms with van der Waals surface area (Å²) in [4.78, 5) is 2.83. The highest BCUT2D eigenvalue weighted by Crippen LogP contribution is 2.34. The summed E-state index contributed by atoms with van der Waals surface area (Å²) in [5, 5.41) is 3.66. The topological polar surface area (TPSA) is 24.5 Å². The maximum absolute atomic E-state index is 5.60. The quantitative estimate of drug-likeness (QED) is 0.811. The van der Waals surface area contributed by atoms with Gasteiger partial charge in [0.15, 0.2) is 0 Å². The molecule has 1 saturated heterocycles. The lowest BCUT2D eigenvalue weighted by molar-refractivity contribution is 0.0231. The van der Waals surface area contributed by atoms with Gasteiger partial charge in [0.25, 0.3) is 0 Å². The van der Waals surface area contributed by atoms with Crippen molar-refractivity contribution in [3.05, 3.63) is 0 Å². The standard InChI is InChI=1S/C15H28N2O/c1-18-15-6-2-5-14(10-15)17(13-7-8-13)11-12-4-3-9-16-12/h12-16H,2-11H2,1H3. The molecule has 3 fully saturated rings. The number of rotatable bonds is 5. The van der Waals surface area contributed by atoms with Crippen LogP contribution < -0.4 is 5.32 Å². The molecule has 3 atom stereocenters. The van der Waals surface area contributed by atoms with Gasteiger partial charge in [-0.05, 0) is 57.9 Å². The van der Waals surface area contributed by atoms with Gasteiger partial charge in [-0.3, -0.25) is 4.90 Å². The van der Waals surface area contributed by atoms with E-state index in [1.54, 1.807) is 0 Å². The smallest absolute Gasteiger partial charge is 0.0586 e. The Morgan fingerprint density at radius 1 is 1.06 bits per heavy atom. The van der Waals surface area contributed by atoms with Crippen LogP contribution >= 0.6 is 0 Å². The van der Waals surface area contributed by atoms with Crippen LogP contribution in [0.25, 0.3) is 0 Å². The fourth-order valence-electron chi connectivity index (χ4n) is 3.81. The summed E-state index contributed by atoms with van der Waals surface area (Å²) in [6.07, 6.45) is 11.4. The maximum atomic E-state index is 5.60. The predicted molar refractivity (Wildman–Crippen MR) is 73.8 cm³/mol. The molecule has 0 aromatic heterocycles. The molecule has 2 saturated carbocycles. The van der Waals surface area contributed by atoms with E-state index in [0.717, 1.165) is 18.1 Å². The fourth-order valence-corrected chi connectivity index (χ4v) is 3.81. The largest absolute Gasteiger partial charge is 0.381 e. The molecule has 1 heterocycles. The molecule has 18 heavy (non-hydrogen) atoms. The second-order valence-electron chi connectivity index (χ2n) is 6.40. The number of nitrogens with one attached hydrogen (secondary N) is 1. The molecule has 3 rings (SSSR count). The first-order chi connectivity index (χ1) is 8.86. The lowest BCUT2D eigenvalue weighted by Gasteiger charge is -2.38. The van der Waals surface area contributed by atoms with Crippen LogP contribution in [-0.4, -0.2) is 49.3 Å². The van der Waals surface area contributed by atoms with Crippen molar-refractivity contribution in [3.63, 3.8) is 0 Å². The van der Waals surface area contributed by atoms with Crippen molar-refractivity contribution in [3.8, 4) is 0 Å². The van der Waals surface area contributed by atoms with E-state index in [2.05, 4.69) is 10.2 Å². The van der Waals surface area contributed by atoms with Crippen molar-refractivity contribution in [1.82, 2.24) is 10.2 Å². The number of ether oxygens (including phenoxy) is 1. The van der Waals surface area contributed by atoms with Crippen LogP contribution in [0.4, 0.5) is 0 Å². The second kappa shape index (κ2) is 5.89. The Labute approximate surface area is 111 Å². The first kappa shape index (κ1) is 12.9. The highest BCUT2D eigenvalue weighted by atomic mass is 16.5. The van der Waals surface area contributed by atoms with Gasteiger partial charge in [0.1, 0.15) is 0 Å². The van der Waals surface area contributed by atoms with Crippen LogP contribution in [0.1, 0.15) is 51.4 Å². The molecule has 0 aromatic rings. The minimum atomic E-state index is 0.515. The van der Waals surface area contributed by atoms with Crippen LogP contribution in [0.5, 0.6) is 0 Å². The molecule has 3 heteroatoms. The number of methoxy groups -OCH3 is 1. The third-order valence-corrected chi connectivity index (χ3v) is 5.01. The van der Waals surface area contributed by atoms with Crippen molar-refractivity contribution >= 4 is 0 Å². The molecule has 2 aliphatic carbocycles. The van der Waals surface area contributed by atoms with Crippen molar-refractivity contribution in [2.24, 2.45) is 0 Å². The van der Waals surface area contributed by atoms with Gasteiger partial charge in [0, 0.05) is 31.8 Å². The number of hydrogen-bond donors (Lipinski definition) is 1. The Morgan fingerprint density at radius 2 is 1.94 bits per heavy atom. The third kappa shape index (κ3) is 3.06. The normalized spacial score (nSPS) is 37.3. The van der Waals surface area contributed by atoms with Crippen LogP contribution in [0.2, 0.25) is 0 Å². The zero-order valence-corrected chi connectivity index (χ0v) is 11.7. The van der Waals surface area contributed by atoms with Crippen molar-refractivity contribution in [2.75, 3.05) is 20.2 Å². The summed E-state index contributed by atoms with van der Waals surface area (Å²) in [7, 11) is 1.88. The van der Waals surface area contributed by atoms with Gasteiger partial charge in [-0.15, -0.1) is 0 Å². The van der Waals surface area contributed by atoms with Gasteiger partial charge in [-0.2, -0.15) is 0 Å². The van der Waals surface area contributed by atoms with Gasteiger partial charge in [0.05, 0.1) is 6.10 Å². The maximum Gasteiger partial charge on any atom is 0.0586 e. The molecule has 1 aliphatic heterocycles. The summed E-state index contributed by atoms with van der Waals surface area (Å²) in [6, 6.07) is 2.44. The van der Waals surface area contributed by atoms with E-state index in [9.17, 15) is 0 Å². The second-order valence-corrected chi connectivity index (χ2v) is 6.40. The Kier molecular flexibility index (Phi) is 4.22. The number of nitrogens with zero attached hydrogens (tertiary/aromatic N) is 1. The minimum absolute atomic E-state index is 0.515. The Morgan fingerprint density at radius 3 is 2.61 bits per heavy atom. The molecule has 0 aromatic carbocycles. The zero-order valence-electron chi connectivity index (χ0n) is 11.7. The first-order valence-corrected chi connectivity index (χ1v) is 7.88. The van der Waals surface area contributed by atoms with Crippen molar-refractivity contribution < 1.29 is 4.74 Å². The molecule has 0 bridgehead atoms. The number of hydrogen-bond acceptors (Lipinski definition) is 3. The molecule has 1 N–H and O–H groups in total. The summed E-state index contributed by atoms with van der Waals surface area (Å²) >= 11 is 0. The van der Waals surface area contributed by atoms with Crippen molar-refractivity contribution in [1.29, 1.82) is 0 Å². The molecule has 0 radical (unpaired) electrons. The van der Waals surface area contributed by atoms with E-state index in [1.165, 1.54) is 64.5 Å². The highest BCUT2D eigenvalue weighted by Gasteiger charge is 2.37. The molecule has 3 unspecified atom stereocenters. The van der Waals surface area contributed by atoms with Crippen LogP contribution in [0.15, 0.2) is 0 Å². The zero-order chi connectivity index (χ0) is 12.4. The molecule has 3 aliphatic rings. The highest BCUT2D eigenvalue weighted by molar-refractivity contribution is 4.94. The van der Waals surface area contributed by atoms with Gasteiger partial charge in [-0.25, -0.2) is 0 Å². The molecule has 104 valence electrons. The monoisotopic (exact) mass is 252 g/mol. The van der Waals surface area contributed by atoms with E-state index in [1.807, 2.05) is 7.11 Å². The average Bonchev–Trinajstić information content (AvgIpc) is 3.13. The summed E-state index contributed by atoms with van der Waals surface area (Å²) < 4.78 is 5.60. The van der Waals surface area contributed by atoms with Crippen LogP contribution in [0, 0.1) is 0 Å². The van der Waals surface area contributed by atoms with E-state index in [4.69, 9.17) is 4.74 Å². The van der Waals surface area contributed by atoms with Crippen LogP contribution in [-0.2, 0) is 4.74 Å². The van der Waals surface area contributed by atoms with Gasteiger partial charge in [-0.1, -0.05) is 0 Å². The van der Waals surface area contributed by atoms with E-state index in [0.29, 0.717) is 6.10 Å². The average molecular weight is 252 g/mol. The predicted octanol–water partition coefficient (Wildman–Crippen LogP) is 2.16. The molecular weight excluding hydrogens is 224 g/mol. The summed E-state index contributed by atoms with van der Waals surface area (Å²) in [5.41, 5.74) is 0. The van der Waals surface area contributed by atoms with Gasteiger partial charge < -0.3 is 10.1 Å². The SMILES string of the molecule is COC1CCCC(N(CC2CCCN2)C2CC2)C1. The van der Waals surface area contributed by atoms with Gasteiger partial charge in [0.2, 0.25) is 0 Å². The van der Waals surface area contributed by atoms with E-state index < -0.39 is 0 Å². The van der Waals surface area contributed by atoms with Crippen LogP contribution in [0.3, 0.4) is 0 Å². The Balaban J connectivity index is 1.57.